The van der Waals surface area contributed by atoms with Crippen molar-refractivity contribution in [3.63, 3.8) is 0 Å². The lowest BCUT2D eigenvalue weighted by Gasteiger charge is -2.37. The number of aromatic nitrogens is 1. The minimum Gasteiger partial charge on any atom is -0.494 e. The largest absolute Gasteiger partial charge is 0.494 e. The molecule has 1 aromatic heterocycles. The maximum absolute atomic E-state index is 13.1. The number of ether oxygens (including phenoxy) is 2. The molecule has 0 aliphatic carbocycles. The maximum Gasteiger partial charge on any atom is 0.330 e. The summed E-state index contributed by atoms with van der Waals surface area (Å²) >= 11 is 1.42. The third kappa shape index (κ3) is 8.00. The number of thiazole rings is 1. The molecule has 0 spiro atoms. The summed E-state index contributed by atoms with van der Waals surface area (Å²) in [5.41, 5.74) is 1.69. The Bertz CT molecular complexity index is 1050. The second-order valence-electron chi connectivity index (χ2n) is 8.47. The molecule has 1 aliphatic heterocycles. The monoisotopic (exact) mass is 502 g/mol. The SMILES string of the molecule is O=C(Cc1cncs1)ON1CCC(CCOc2ccc(F)cc2)CC1CCOc1ccc(F)cc1. The quantitative estimate of drug-likeness (QED) is 0.348. The fourth-order valence-electron chi connectivity index (χ4n) is 4.11. The van der Waals surface area contributed by atoms with Crippen molar-refractivity contribution in [1.29, 1.82) is 0 Å². The van der Waals surface area contributed by atoms with E-state index in [-0.39, 0.29) is 30.1 Å². The summed E-state index contributed by atoms with van der Waals surface area (Å²) in [5, 5.41) is 1.77. The van der Waals surface area contributed by atoms with Crippen LogP contribution >= 0.6 is 11.3 Å². The number of nitrogens with zero attached hydrogens (tertiary/aromatic N) is 2. The summed E-state index contributed by atoms with van der Waals surface area (Å²) in [6.45, 7) is 1.56. The van der Waals surface area contributed by atoms with Crippen LogP contribution in [0.5, 0.6) is 11.5 Å². The zero-order chi connectivity index (χ0) is 24.5. The Hall–Kier alpha value is -3.04. The molecular weight excluding hydrogens is 474 g/mol. The first-order valence-corrected chi connectivity index (χ1v) is 12.5. The van der Waals surface area contributed by atoms with Crippen LogP contribution in [0.15, 0.2) is 60.2 Å². The van der Waals surface area contributed by atoms with Crippen LogP contribution < -0.4 is 9.47 Å². The van der Waals surface area contributed by atoms with Crippen LogP contribution in [-0.4, -0.2) is 41.8 Å². The summed E-state index contributed by atoms with van der Waals surface area (Å²) in [6.07, 6.45) is 5.06. The number of hydroxylamine groups is 2. The van der Waals surface area contributed by atoms with Gasteiger partial charge in [0.15, 0.2) is 0 Å². The molecule has 1 aliphatic rings. The van der Waals surface area contributed by atoms with Crippen molar-refractivity contribution in [2.75, 3.05) is 19.8 Å². The molecule has 1 fully saturated rings. The fourth-order valence-corrected chi connectivity index (χ4v) is 4.69. The first-order valence-electron chi connectivity index (χ1n) is 11.7. The Morgan fingerprint density at radius 1 is 0.971 bits per heavy atom. The van der Waals surface area contributed by atoms with Crippen LogP contribution in [0, 0.1) is 17.6 Å². The summed E-state index contributed by atoms with van der Waals surface area (Å²) < 4.78 is 37.8. The number of carbonyl (C=O) groups excluding carboxylic acids is 1. The summed E-state index contributed by atoms with van der Waals surface area (Å²) in [6, 6.07) is 11.9. The zero-order valence-electron chi connectivity index (χ0n) is 19.3. The number of benzene rings is 2. The average Bonchev–Trinajstić information content (AvgIpc) is 3.36. The van der Waals surface area contributed by atoms with Gasteiger partial charge in [0.2, 0.25) is 0 Å². The van der Waals surface area contributed by atoms with Gasteiger partial charge in [-0.15, -0.1) is 16.4 Å². The van der Waals surface area contributed by atoms with Gasteiger partial charge in [0, 0.05) is 30.1 Å². The number of carbonyl (C=O) groups is 1. The van der Waals surface area contributed by atoms with Gasteiger partial charge < -0.3 is 14.3 Å². The highest BCUT2D eigenvalue weighted by atomic mass is 32.1. The van der Waals surface area contributed by atoms with Crippen LogP contribution in [0.2, 0.25) is 0 Å². The Morgan fingerprint density at radius 3 is 2.20 bits per heavy atom. The fraction of sp³-hybridized carbons (Fsp3) is 0.385. The molecule has 2 unspecified atom stereocenters. The van der Waals surface area contributed by atoms with Crippen molar-refractivity contribution < 1.29 is 27.9 Å². The second-order valence-corrected chi connectivity index (χ2v) is 9.45. The smallest absolute Gasteiger partial charge is 0.330 e. The minimum atomic E-state index is -0.311. The standard InChI is InChI=1S/C26H28F2N2O4S/c27-20-1-5-23(6-2-20)32-13-10-19-9-12-30(34-26(31)16-25-17-29-18-35-25)22(15-19)11-14-33-24-7-3-21(28)4-8-24/h1-8,17-19,22H,9-16H2. The number of rotatable bonds is 11. The molecule has 2 aromatic carbocycles. The number of halogens is 2. The lowest BCUT2D eigenvalue weighted by molar-refractivity contribution is -0.212. The van der Waals surface area contributed by atoms with E-state index in [0.717, 1.165) is 24.1 Å². The molecule has 9 heteroatoms. The molecule has 186 valence electrons. The van der Waals surface area contributed by atoms with E-state index in [1.54, 1.807) is 41.0 Å². The van der Waals surface area contributed by atoms with E-state index >= 15 is 0 Å². The van der Waals surface area contributed by atoms with Crippen LogP contribution in [0.25, 0.3) is 0 Å². The van der Waals surface area contributed by atoms with Gasteiger partial charge in [0.25, 0.3) is 0 Å². The van der Waals surface area contributed by atoms with Crippen LogP contribution in [0.3, 0.4) is 0 Å². The van der Waals surface area contributed by atoms with Gasteiger partial charge >= 0.3 is 5.97 Å². The van der Waals surface area contributed by atoms with E-state index in [4.69, 9.17) is 14.3 Å². The third-order valence-electron chi connectivity index (χ3n) is 5.93. The van der Waals surface area contributed by atoms with Crippen LogP contribution in [0.1, 0.15) is 30.6 Å². The molecule has 1 saturated heterocycles. The van der Waals surface area contributed by atoms with E-state index in [9.17, 15) is 13.6 Å². The first kappa shape index (κ1) is 25.1. The molecule has 2 atom stereocenters. The van der Waals surface area contributed by atoms with Gasteiger partial charge in [0.05, 0.1) is 25.1 Å². The third-order valence-corrected chi connectivity index (χ3v) is 6.71. The predicted molar refractivity (Wildman–Crippen MR) is 128 cm³/mol. The highest BCUT2D eigenvalue weighted by Crippen LogP contribution is 2.29. The average molecular weight is 503 g/mol. The number of piperidine rings is 1. The topological polar surface area (TPSA) is 60.9 Å². The molecule has 3 aromatic rings. The predicted octanol–water partition coefficient (Wildman–Crippen LogP) is 5.44. The van der Waals surface area contributed by atoms with Crippen molar-refractivity contribution in [2.24, 2.45) is 5.92 Å². The maximum atomic E-state index is 13.1. The molecule has 6 nitrogen and oxygen atoms in total. The highest BCUT2D eigenvalue weighted by molar-refractivity contribution is 7.09. The van der Waals surface area contributed by atoms with Gasteiger partial charge in [-0.25, -0.2) is 13.6 Å². The van der Waals surface area contributed by atoms with E-state index in [0.29, 0.717) is 43.6 Å². The molecule has 2 heterocycles. The Labute approximate surface area is 207 Å². The first-order chi connectivity index (χ1) is 17.0. The van der Waals surface area contributed by atoms with Gasteiger partial charge in [-0.1, -0.05) is 0 Å². The van der Waals surface area contributed by atoms with E-state index in [2.05, 4.69) is 4.98 Å². The van der Waals surface area contributed by atoms with Crippen molar-refractivity contribution >= 4 is 17.3 Å². The lowest BCUT2D eigenvalue weighted by atomic mass is 9.88. The molecule has 4 rings (SSSR count). The molecule has 0 radical (unpaired) electrons. The molecule has 35 heavy (non-hydrogen) atoms. The Balaban J connectivity index is 1.30. The van der Waals surface area contributed by atoms with Gasteiger partial charge in [-0.2, -0.15) is 0 Å². The van der Waals surface area contributed by atoms with Crippen LogP contribution in [-0.2, 0) is 16.1 Å². The van der Waals surface area contributed by atoms with Crippen molar-refractivity contribution in [2.45, 2.75) is 38.1 Å². The van der Waals surface area contributed by atoms with Gasteiger partial charge in [0.1, 0.15) is 23.1 Å². The second kappa shape index (κ2) is 12.6. The van der Waals surface area contributed by atoms with E-state index in [1.165, 1.54) is 35.6 Å². The lowest BCUT2D eigenvalue weighted by Crippen LogP contribution is -2.44. The molecule has 0 N–H and O–H groups in total. The van der Waals surface area contributed by atoms with Crippen LogP contribution in [0.4, 0.5) is 8.78 Å². The van der Waals surface area contributed by atoms with E-state index < -0.39 is 0 Å². The molecular formula is C26H28F2N2O4S. The van der Waals surface area contributed by atoms with Gasteiger partial charge in [-0.05, 0) is 73.7 Å². The minimum absolute atomic E-state index is 0.00886. The number of hydrogen-bond acceptors (Lipinski definition) is 7. The molecule has 0 amide bonds. The summed E-state index contributed by atoms with van der Waals surface area (Å²) in [7, 11) is 0. The highest BCUT2D eigenvalue weighted by Gasteiger charge is 2.31. The number of hydrogen-bond donors (Lipinski definition) is 0. The summed E-state index contributed by atoms with van der Waals surface area (Å²) in [5.74, 6) is 0.722. The van der Waals surface area contributed by atoms with Crippen molar-refractivity contribution in [3.05, 3.63) is 76.7 Å². The normalized spacial score (nSPS) is 18.2. The Kier molecular flexibility index (Phi) is 9.02. The Morgan fingerprint density at radius 2 is 1.60 bits per heavy atom. The zero-order valence-corrected chi connectivity index (χ0v) is 20.1. The van der Waals surface area contributed by atoms with Crippen molar-refractivity contribution in [1.82, 2.24) is 10.0 Å². The van der Waals surface area contributed by atoms with Gasteiger partial charge in [-0.3, -0.25) is 4.98 Å². The van der Waals surface area contributed by atoms with Crippen molar-refractivity contribution in [3.8, 4) is 11.5 Å². The molecule has 0 saturated carbocycles. The summed E-state index contributed by atoms with van der Waals surface area (Å²) in [4.78, 5) is 23.1. The molecule has 0 bridgehead atoms. The van der Waals surface area contributed by atoms with E-state index in [1.807, 2.05) is 0 Å².